The van der Waals surface area contributed by atoms with Crippen molar-refractivity contribution in [1.29, 1.82) is 0 Å². The third kappa shape index (κ3) is 9.45. The van der Waals surface area contributed by atoms with Crippen LogP contribution >= 0.6 is 0 Å². The summed E-state index contributed by atoms with van der Waals surface area (Å²) in [5, 5.41) is 32.5. The van der Waals surface area contributed by atoms with Gasteiger partial charge in [-0.15, -0.1) is 0 Å². The molecule has 0 amide bonds. The molecule has 0 aliphatic rings. The number of rotatable bonds is 6. The van der Waals surface area contributed by atoms with Crippen molar-refractivity contribution < 1.29 is 56.5 Å². The maximum absolute atomic E-state index is 11.3. The first-order valence-electron chi connectivity index (χ1n) is 12.5. The van der Waals surface area contributed by atoms with Crippen molar-refractivity contribution in [2.45, 2.75) is 38.5 Å². The molecule has 212 valence electrons. The Morgan fingerprint density at radius 2 is 0.707 bits per heavy atom. The van der Waals surface area contributed by atoms with Gasteiger partial charge in [0.2, 0.25) is 0 Å². The second kappa shape index (κ2) is 15.6. The van der Waals surface area contributed by atoms with Crippen molar-refractivity contribution in [3.63, 3.8) is 0 Å². The molecule has 0 fully saturated rings. The van der Waals surface area contributed by atoms with Crippen LogP contribution < -0.4 is 0 Å². The van der Waals surface area contributed by atoms with Crippen LogP contribution in [-0.4, -0.2) is 38.5 Å². The van der Waals surface area contributed by atoms with Crippen LogP contribution in [0.1, 0.15) is 70.7 Å². The Hall–Kier alpha value is -4.20. The number of carboxylic acids is 2. The van der Waals surface area contributed by atoms with Gasteiger partial charge in [-0.25, -0.2) is 14.4 Å². The molecular weight excluding hydrogens is 556 g/mol. The van der Waals surface area contributed by atoms with Crippen LogP contribution in [0.3, 0.4) is 0 Å². The summed E-state index contributed by atoms with van der Waals surface area (Å²) in [6.07, 6.45) is -1.83. The summed E-state index contributed by atoms with van der Waals surface area (Å²) >= 11 is 0. The van der Waals surface area contributed by atoms with Gasteiger partial charge in [0.05, 0.1) is 11.1 Å². The SMILES string of the molecule is CC(C)(c1ccccc1)c1ccccc1C(=O)O.CC(C)(c1ccccc1)c1ccccc1C(=O)O.O=C(O)O.[Ti]. The zero-order valence-electron chi connectivity index (χ0n) is 23.4. The second-order valence-corrected chi connectivity index (χ2v) is 9.97. The molecule has 0 heterocycles. The summed E-state index contributed by atoms with van der Waals surface area (Å²) in [6.45, 7) is 8.18. The van der Waals surface area contributed by atoms with Crippen molar-refractivity contribution in [1.82, 2.24) is 0 Å². The predicted octanol–water partition coefficient (Wildman–Crippen LogP) is 7.64. The molecule has 8 heteroatoms. The second-order valence-electron chi connectivity index (χ2n) is 9.97. The first-order valence-corrected chi connectivity index (χ1v) is 12.5. The molecule has 0 radical (unpaired) electrons. The molecule has 4 N–H and O–H groups in total. The van der Waals surface area contributed by atoms with E-state index < -0.39 is 18.1 Å². The third-order valence-corrected chi connectivity index (χ3v) is 6.65. The van der Waals surface area contributed by atoms with Gasteiger partial charge in [0.1, 0.15) is 0 Å². The van der Waals surface area contributed by atoms with Gasteiger partial charge in [-0.05, 0) is 34.4 Å². The van der Waals surface area contributed by atoms with Gasteiger partial charge in [0.15, 0.2) is 0 Å². The van der Waals surface area contributed by atoms with E-state index in [1.165, 1.54) is 0 Å². The summed E-state index contributed by atoms with van der Waals surface area (Å²) < 4.78 is 0. The minimum Gasteiger partial charge on any atom is -0.478 e. The molecule has 0 saturated heterocycles. The Bertz CT molecular complexity index is 1320. The molecule has 0 atom stereocenters. The number of hydrogen-bond acceptors (Lipinski definition) is 3. The van der Waals surface area contributed by atoms with E-state index in [0.717, 1.165) is 22.3 Å². The van der Waals surface area contributed by atoms with Crippen LogP contribution in [0.5, 0.6) is 0 Å². The van der Waals surface area contributed by atoms with E-state index >= 15 is 0 Å². The molecule has 4 rings (SSSR count). The quantitative estimate of drug-likeness (QED) is 0.170. The van der Waals surface area contributed by atoms with Crippen LogP contribution in [0.25, 0.3) is 0 Å². The summed E-state index contributed by atoms with van der Waals surface area (Å²) in [5.41, 5.74) is 3.98. The summed E-state index contributed by atoms with van der Waals surface area (Å²) in [6, 6.07) is 34.3. The number of carbonyl (C=O) groups is 3. The smallest absolute Gasteiger partial charge is 0.478 e. The van der Waals surface area contributed by atoms with Crippen LogP contribution in [0, 0.1) is 0 Å². The Morgan fingerprint density at radius 3 is 0.976 bits per heavy atom. The topological polar surface area (TPSA) is 132 Å². The van der Waals surface area contributed by atoms with Crippen molar-refractivity contribution in [3.8, 4) is 0 Å². The minimum absolute atomic E-state index is 0. The maximum Gasteiger partial charge on any atom is 0.503 e. The number of benzene rings is 4. The summed E-state index contributed by atoms with van der Waals surface area (Å²) in [7, 11) is 0. The molecule has 0 bridgehead atoms. The molecular formula is C33H34O7Ti. The molecule has 41 heavy (non-hydrogen) atoms. The Balaban J connectivity index is 0.000000355. The molecule has 4 aromatic carbocycles. The molecule has 7 nitrogen and oxygen atoms in total. The Labute approximate surface area is 255 Å². The molecule has 0 aliphatic carbocycles. The number of aromatic carboxylic acids is 2. The molecule has 4 aromatic rings. The van der Waals surface area contributed by atoms with E-state index in [1.807, 2.05) is 113 Å². The van der Waals surface area contributed by atoms with E-state index in [9.17, 15) is 19.8 Å². The van der Waals surface area contributed by atoms with Crippen molar-refractivity contribution in [2.24, 2.45) is 0 Å². The van der Waals surface area contributed by atoms with Crippen LogP contribution in [-0.2, 0) is 32.5 Å². The zero-order valence-corrected chi connectivity index (χ0v) is 25.0. The van der Waals surface area contributed by atoms with E-state index in [2.05, 4.69) is 0 Å². The van der Waals surface area contributed by atoms with Crippen LogP contribution in [0.15, 0.2) is 109 Å². The Morgan fingerprint density at radius 1 is 0.463 bits per heavy atom. The fraction of sp³-hybridized carbons (Fsp3) is 0.182. The first kappa shape index (κ1) is 34.8. The van der Waals surface area contributed by atoms with E-state index in [-0.39, 0.29) is 32.5 Å². The van der Waals surface area contributed by atoms with Gasteiger partial charge in [-0.1, -0.05) is 125 Å². The van der Waals surface area contributed by atoms with Gasteiger partial charge in [0.25, 0.3) is 0 Å². The standard InChI is InChI=1S/2C16H16O2.CH2O3.Ti/c2*1-16(2,12-8-4-3-5-9-12)14-11-7-6-10-13(14)15(17)18;2-1(3)4;/h2*3-11H,1-2H3,(H,17,18);(H2,2,3,4);. The zero-order chi connectivity index (χ0) is 29.9. The molecule has 0 aliphatic heterocycles. The molecule has 0 spiro atoms. The van der Waals surface area contributed by atoms with Crippen molar-refractivity contribution in [3.05, 3.63) is 143 Å². The monoisotopic (exact) mass is 590 g/mol. The van der Waals surface area contributed by atoms with Gasteiger partial charge in [-0.2, -0.15) is 0 Å². The minimum atomic E-state index is -1.83. The molecule has 0 aromatic heterocycles. The van der Waals surface area contributed by atoms with Crippen molar-refractivity contribution in [2.75, 3.05) is 0 Å². The normalized spacial score (nSPS) is 10.4. The van der Waals surface area contributed by atoms with Gasteiger partial charge in [-0.3, -0.25) is 0 Å². The number of carboxylic acid groups (broad SMARTS) is 4. The van der Waals surface area contributed by atoms with Gasteiger partial charge < -0.3 is 20.4 Å². The van der Waals surface area contributed by atoms with Gasteiger partial charge in [0, 0.05) is 32.5 Å². The van der Waals surface area contributed by atoms with Crippen molar-refractivity contribution >= 4 is 18.1 Å². The van der Waals surface area contributed by atoms with E-state index in [1.54, 1.807) is 24.3 Å². The number of hydrogen-bond donors (Lipinski definition) is 4. The fourth-order valence-corrected chi connectivity index (χ4v) is 4.45. The maximum atomic E-state index is 11.3. The van der Waals surface area contributed by atoms with Crippen LogP contribution in [0.4, 0.5) is 4.79 Å². The largest absolute Gasteiger partial charge is 0.503 e. The van der Waals surface area contributed by atoms with E-state index in [4.69, 9.17) is 15.0 Å². The van der Waals surface area contributed by atoms with E-state index in [0.29, 0.717) is 11.1 Å². The summed E-state index contributed by atoms with van der Waals surface area (Å²) in [5.74, 6) is -1.76. The van der Waals surface area contributed by atoms with Crippen LogP contribution in [0.2, 0.25) is 0 Å². The third-order valence-electron chi connectivity index (χ3n) is 6.65. The summed E-state index contributed by atoms with van der Waals surface area (Å²) in [4.78, 5) is 31.2. The predicted molar refractivity (Wildman–Crippen MR) is 155 cm³/mol. The average Bonchev–Trinajstić information content (AvgIpc) is 2.94. The average molecular weight is 590 g/mol. The molecule has 0 saturated carbocycles. The van der Waals surface area contributed by atoms with Gasteiger partial charge >= 0.3 is 18.1 Å². The first-order chi connectivity index (χ1) is 18.8. The molecule has 0 unspecified atom stereocenters. The fourth-order valence-electron chi connectivity index (χ4n) is 4.45. The Kier molecular flexibility index (Phi) is 13.2.